The number of benzene rings is 1. The molecule has 2 N–H and O–H groups in total. The van der Waals surface area contributed by atoms with Gasteiger partial charge in [0.2, 0.25) is 0 Å². The van der Waals surface area contributed by atoms with E-state index >= 15 is 0 Å². The molecule has 4 heteroatoms. The van der Waals surface area contributed by atoms with E-state index in [4.69, 9.17) is 9.47 Å². The molecular formula is C14H21NO3. The highest BCUT2D eigenvalue weighted by Gasteiger charge is 2.16. The molecule has 0 aromatic heterocycles. The van der Waals surface area contributed by atoms with Crippen LogP contribution in [0, 0.1) is 0 Å². The van der Waals surface area contributed by atoms with Crippen LogP contribution >= 0.6 is 0 Å². The van der Waals surface area contributed by atoms with Gasteiger partial charge in [0.15, 0.2) is 11.5 Å². The first-order chi connectivity index (χ1) is 8.61. The fourth-order valence-corrected chi connectivity index (χ4v) is 1.80. The molecule has 0 saturated carbocycles. The van der Waals surface area contributed by atoms with Crippen LogP contribution in [0.4, 0.5) is 0 Å². The number of ether oxygens (including phenoxy) is 2. The highest BCUT2D eigenvalue weighted by molar-refractivity contribution is 5.43. The van der Waals surface area contributed by atoms with Gasteiger partial charge in [-0.3, -0.25) is 0 Å². The standard InChI is InChI=1S/C14H21NO3/c1-3-14(2,16)10-15-9-11-4-5-12-13(8-11)18-7-6-17-12/h4-5,8,15-16H,3,6-7,9-10H2,1-2H3. The Hall–Kier alpha value is -1.26. The maximum Gasteiger partial charge on any atom is 0.161 e. The summed E-state index contributed by atoms with van der Waals surface area (Å²) in [7, 11) is 0. The predicted molar refractivity (Wildman–Crippen MR) is 70.1 cm³/mol. The van der Waals surface area contributed by atoms with Crippen molar-refractivity contribution in [3.8, 4) is 11.5 Å². The minimum absolute atomic E-state index is 0.581. The Bertz CT molecular complexity index is 404. The van der Waals surface area contributed by atoms with E-state index in [9.17, 15) is 5.11 Å². The van der Waals surface area contributed by atoms with Crippen molar-refractivity contribution in [2.24, 2.45) is 0 Å². The Morgan fingerprint density at radius 1 is 1.28 bits per heavy atom. The van der Waals surface area contributed by atoms with Gasteiger partial charge in [-0.25, -0.2) is 0 Å². The molecule has 18 heavy (non-hydrogen) atoms. The summed E-state index contributed by atoms with van der Waals surface area (Å²) in [5.41, 5.74) is 0.486. The monoisotopic (exact) mass is 251 g/mol. The van der Waals surface area contributed by atoms with Crippen LogP contribution in [-0.4, -0.2) is 30.5 Å². The van der Waals surface area contributed by atoms with E-state index in [0.29, 0.717) is 26.3 Å². The van der Waals surface area contributed by atoms with E-state index < -0.39 is 5.60 Å². The number of hydrogen-bond donors (Lipinski definition) is 2. The smallest absolute Gasteiger partial charge is 0.161 e. The van der Waals surface area contributed by atoms with E-state index in [1.807, 2.05) is 32.0 Å². The first-order valence-corrected chi connectivity index (χ1v) is 6.42. The average molecular weight is 251 g/mol. The Morgan fingerprint density at radius 2 is 2.00 bits per heavy atom. The van der Waals surface area contributed by atoms with E-state index in [2.05, 4.69) is 5.32 Å². The molecule has 0 amide bonds. The molecule has 0 aliphatic carbocycles. The third kappa shape index (κ3) is 3.37. The van der Waals surface area contributed by atoms with E-state index in [1.54, 1.807) is 0 Å². The lowest BCUT2D eigenvalue weighted by atomic mass is 10.0. The molecule has 0 bridgehead atoms. The minimum Gasteiger partial charge on any atom is -0.486 e. The van der Waals surface area contributed by atoms with Crippen LogP contribution in [0.2, 0.25) is 0 Å². The number of nitrogens with one attached hydrogen (secondary N) is 1. The summed E-state index contributed by atoms with van der Waals surface area (Å²) in [4.78, 5) is 0. The topological polar surface area (TPSA) is 50.7 Å². The summed E-state index contributed by atoms with van der Waals surface area (Å²) in [6.45, 7) is 6.33. The summed E-state index contributed by atoms with van der Waals surface area (Å²) in [6, 6.07) is 5.94. The maximum atomic E-state index is 9.89. The van der Waals surface area contributed by atoms with Gasteiger partial charge in [-0.2, -0.15) is 0 Å². The van der Waals surface area contributed by atoms with Gasteiger partial charge < -0.3 is 19.9 Å². The largest absolute Gasteiger partial charge is 0.486 e. The Labute approximate surface area is 108 Å². The van der Waals surface area contributed by atoms with Crippen LogP contribution in [0.5, 0.6) is 11.5 Å². The van der Waals surface area contributed by atoms with Crippen molar-refractivity contribution in [1.29, 1.82) is 0 Å². The van der Waals surface area contributed by atoms with Gasteiger partial charge in [-0.1, -0.05) is 13.0 Å². The van der Waals surface area contributed by atoms with Gasteiger partial charge in [0, 0.05) is 13.1 Å². The Balaban J connectivity index is 1.90. The zero-order chi connectivity index (χ0) is 13.0. The van der Waals surface area contributed by atoms with Crippen LogP contribution < -0.4 is 14.8 Å². The van der Waals surface area contributed by atoms with Gasteiger partial charge in [-0.15, -0.1) is 0 Å². The van der Waals surface area contributed by atoms with Gasteiger partial charge in [0.05, 0.1) is 5.60 Å². The first-order valence-electron chi connectivity index (χ1n) is 6.42. The Morgan fingerprint density at radius 3 is 2.72 bits per heavy atom. The second-order valence-electron chi connectivity index (χ2n) is 4.93. The molecule has 100 valence electrons. The quantitative estimate of drug-likeness (QED) is 0.836. The van der Waals surface area contributed by atoms with Crippen LogP contribution in [-0.2, 0) is 6.54 Å². The summed E-state index contributed by atoms with van der Waals surface area (Å²) >= 11 is 0. The van der Waals surface area contributed by atoms with Crippen LogP contribution in [0.25, 0.3) is 0 Å². The molecule has 4 nitrogen and oxygen atoms in total. The molecular weight excluding hydrogens is 230 g/mol. The van der Waals surface area contributed by atoms with E-state index in [-0.39, 0.29) is 0 Å². The molecule has 1 aromatic rings. The molecule has 0 radical (unpaired) electrons. The second-order valence-corrected chi connectivity index (χ2v) is 4.93. The number of aliphatic hydroxyl groups is 1. The average Bonchev–Trinajstić information content (AvgIpc) is 2.38. The molecule has 0 spiro atoms. The summed E-state index contributed by atoms with van der Waals surface area (Å²) in [5, 5.41) is 13.1. The highest BCUT2D eigenvalue weighted by atomic mass is 16.6. The second kappa shape index (κ2) is 5.59. The van der Waals surface area contributed by atoms with Crippen molar-refractivity contribution in [1.82, 2.24) is 5.32 Å². The van der Waals surface area contributed by atoms with Crippen molar-refractivity contribution >= 4 is 0 Å². The van der Waals surface area contributed by atoms with Gasteiger partial charge in [-0.05, 0) is 31.0 Å². The van der Waals surface area contributed by atoms with Gasteiger partial charge in [0.1, 0.15) is 13.2 Å². The molecule has 0 fully saturated rings. The van der Waals surface area contributed by atoms with Crippen molar-refractivity contribution in [2.45, 2.75) is 32.4 Å². The number of rotatable bonds is 5. The number of fused-ring (bicyclic) bond motifs is 1. The molecule has 2 rings (SSSR count). The van der Waals surface area contributed by atoms with Crippen molar-refractivity contribution in [2.75, 3.05) is 19.8 Å². The van der Waals surface area contributed by atoms with Crippen molar-refractivity contribution in [3.63, 3.8) is 0 Å². The fraction of sp³-hybridized carbons (Fsp3) is 0.571. The lowest BCUT2D eigenvalue weighted by Gasteiger charge is -2.22. The molecule has 1 atom stereocenters. The van der Waals surface area contributed by atoms with E-state index in [0.717, 1.165) is 23.5 Å². The van der Waals surface area contributed by atoms with E-state index in [1.165, 1.54) is 0 Å². The minimum atomic E-state index is -0.645. The lowest BCUT2D eigenvalue weighted by molar-refractivity contribution is 0.0555. The summed E-state index contributed by atoms with van der Waals surface area (Å²) in [5.74, 6) is 1.62. The van der Waals surface area contributed by atoms with Gasteiger partial charge in [0.25, 0.3) is 0 Å². The van der Waals surface area contributed by atoms with Crippen LogP contribution in [0.3, 0.4) is 0 Å². The molecule has 1 aliphatic heterocycles. The maximum absolute atomic E-state index is 9.89. The zero-order valence-corrected chi connectivity index (χ0v) is 11.0. The predicted octanol–water partition coefficient (Wildman–Crippen LogP) is 1.71. The van der Waals surface area contributed by atoms with Crippen LogP contribution in [0.1, 0.15) is 25.8 Å². The van der Waals surface area contributed by atoms with Crippen LogP contribution in [0.15, 0.2) is 18.2 Å². The highest BCUT2D eigenvalue weighted by Crippen LogP contribution is 2.30. The third-order valence-electron chi connectivity index (χ3n) is 3.20. The SMILES string of the molecule is CCC(C)(O)CNCc1ccc2c(c1)OCCO2. The molecule has 1 aliphatic rings. The van der Waals surface area contributed by atoms with Crippen molar-refractivity contribution < 1.29 is 14.6 Å². The molecule has 1 aromatic carbocycles. The summed E-state index contributed by atoms with van der Waals surface area (Å²) in [6.07, 6.45) is 0.737. The fourth-order valence-electron chi connectivity index (χ4n) is 1.80. The zero-order valence-electron chi connectivity index (χ0n) is 11.0. The molecule has 1 unspecified atom stereocenters. The van der Waals surface area contributed by atoms with Crippen molar-refractivity contribution in [3.05, 3.63) is 23.8 Å². The lowest BCUT2D eigenvalue weighted by Crippen LogP contribution is -2.36. The molecule has 1 heterocycles. The normalized spacial score (nSPS) is 17.3. The van der Waals surface area contributed by atoms with Gasteiger partial charge >= 0.3 is 0 Å². The Kier molecular flexibility index (Phi) is 4.09. The summed E-state index contributed by atoms with van der Waals surface area (Å²) < 4.78 is 11.0. The molecule has 0 saturated heterocycles. The number of hydrogen-bond acceptors (Lipinski definition) is 4. The third-order valence-corrected chi connectivity index (χ3v) is 3.20. The first kappa shape index (κ1) is 13.2.